The van der Waals surface area contributed by atoms with Gasteiger partial charge in [0.25, 0.3) is 0 Å². The van der Waals surface area contributed by atoms with Crippen molar-refractivity contribution < 1.29 is 17.9 Å². The number of aryl methyl sites for hydroxylation is 1. The van der Waals surface area contributed by atoms with Crippen LogP contribution in [-0.2, 0) is 13.2 Å². The molecule has 0 radical (unpaired) electrons. The minimum atomic E-state index is -0.658. The largest absolute Gasteiger partial charge is 0.489 e. The highest BCUT2D eigenvalue weighted by Crippen LogP contribution is 2.20. The highest BCUT2D eigenvalue weighted by molar-refractivity contribution is 5.25. The van der Waals surface area contributed by atoms with Gasteiger partial charge in [0.1, 0.15) is 35.5 Å². The maximum atomic E-state index is 13.0. The number of halogens is 2. The Kier molecular flexibility index (Phi) is 4.16. The second-order valence-electron chi connectivity index (χ2n) is 4.22. The fourth-order valence-corrected chi connectivity index (χ4v) is 1.77. The number of benzene rings is 1. The number of nitrogens with one attached hydrogen (secondary N) is 1. The van der Waals surface area contributed by atoms with Crippen molar-refractivity contribution in [3.05, 3.63) is 53.0 Å². The lowest BCUT2D eigenvalue weighted by atomic mass is 10.2. The van der Waals surface area contributed by atoms with Crippen LogP contribution in [0.4, 0.5) is 8.78 Å². The maximum Gasteiger partial charge on any atom is 0.129 e. The van der Waals surface area contributed by atoms with Crippen molar-refractivity contribution in [1.29, 1.82) is 0 Å². The second kappa shape index (κ2) is 5.84. The molecule has 102 valence electrons. The first-order valence-corrected chi connectivity index (χ1v) is 5.90. The van der Waals surface area contributed by atoms with Crippen molar-refractivity contribution in [2.75, 3.05) is 7.05 Å². The summed E-state index contributed by atoms with van der Waals surface area (Å²) in [4.78, 5) is 0. The van der Waals surface area contributed by atoms with E-state index in [2.05, 4.69) is 5.32 Å². The van der Waals surface area contributed by atoms with Crippen molar-refractivity contribution in [3.8, 4) is 5.75 Å². The lowest BCUT2D eigenvalue weighted by molar-refractivity contribution is 0.299. The Balaban J connectivity index is 2.05. The van der Waals surface area contributed by atoms with Gasteiger partial charge in [0, 0.05) is 23.8 Å². The first-order chi connectivity index (χ1) is 9.08. The molecule has 0 amide bonds. The van der Waals surface area contributed by atoms with E-state index in [4.69, 9.17) is 9.15 Å². The Morgan fingerprint density at radius 1 is 1.16 bits per heavy atom. The molecule has 1 heterocycles. The van der Waals surface area contributed by atoms with Crippen molar-refractivity contribution in [3.63, 3.8) is 0 Å². The Hall–Kier alpha value is -1.88. The van der Waals surface area contributed by atoms with Crippen LogP contribution in [0.1, 0.15) is 17.1 Å². The van der Waals surface area contributed by atoms with E-state index in [9.17, 15) is 8.78 Å². The Morgan fingerprint density at radius 2 is 1.84 bits per heavy atom. The van der Waals surface area contributed by atoms with Crippen LogP contribution < -0.4 is 10.1 Å². The van der Waals surface area contributed by atoms with Crippen LogP contribution in [0.3, 0.4) is 0 Å². The quantitative estimate of drug-likeness (QED) is 0.903. The molecule has 1 N–H and O–H groups in total. The first kappa shape index (κ1) is 13.5. The first-order valence-electron chi connectivity index (χ1n) is 5.90. The summed E-state index contributed by atoms with van der Waals surface area (Å²) in [5, 5.41) is 2.98. The monoisotopic (exact) mass is 267 g/mol. The summed E-state index contributed by atoms with van der Waals surface area (Å²) in [6.45, 7) is 2.65. The van der Waals surface area contributed by atoms with Crippen LogP contribution in [0, 0.1) is 18.6 Å². The third-order valence-electron chi connectivity index (χ3n) is 2.65. The maximum absolute atomic E-state index is 13.0. The molecule has 0 aliphatic heterocycles. The molecule has 0 bridgehead atoms. The van der Waals surface area contributed by atoms with Gasteiger partial charge in [-0.1, -0.05) is 0 Å². The predicted molar refractivity (Wildman–Crippen MR) is 66.9 cm³/mol. The SMILES string of the molecule is CNCc1cc(COc2cc(F)cc(F)c2)c(C)o1. The highest BCUT2D eigenvalue weighted by atomic mass is 19.1. The molecular weight excluding hydrogens is 252 g/mol. The Bertz CT molecular complexity index is 546. The van der Waals surface area contributed by atoms with E-state index in [-0.39, 0.29) is 12.4 Å². The highest BCUT2D eigenvalue weighted by Gasteiger charge is 2.08. The fourth-order valence-electron chi connectivity index (χ4n) is 1.77. The standard InChI is InChI=1S/C14H15F2NO2/c1-9-10(3-14(19-9)7-17-2)8-18-13-5-11(15)4-12(16)6-13/h3-6,17H,7-8H2,1-2H3. The topological polar surface area (TPSA) is 34.4 Å². The van der Waals surface area contributed by atoms with Gasteiger partial charge in [-0.05, 0) is 20.0 Å². The van der Waals surface area contributed by atoms with Crippen molar-refractivity contribution in [2.24, 2.45) is 0 Å². The number of ether oxygens (including phenoxy) is 1. The third kappa shape index (κ3) is 3.54. The zero-order valence-electron chi connectivity index (χ0n) is 10.8. The minimum absolute atomic E-state index is 0.160. The van der Waals surface area contributed by atoms with Gasteiger partial charge in [-0.25, -0.2) is 8.78 Å². The van der Waals surface area contributed by atoms with Gasteiger partial charge in [-0.2, -0.15) is 0 Å². The van der Waals surface area contributed by atoms with Crippen LogP contribution in [0.25, 0.3) is 0 Å². The number of rotatable bonds is 5. The van der Waals surface area contributed by atoms with Crippen LogP contribution >= 0.6 is 0 Å². The number of hydrogen-bond donors (Lipinski definition) is 1. The molecule has 0 aliphatic carbocycles. The molecule has 3 nitrogen and oxygen atoms in total. The third-order valence-corrected chi connectivity index (χ3v) is 2.65. The van der Waals surface area contributed by atoms with Gasteiger partial charge in [0.15, 0.2) is 0 Å². The van der Waals surface area contributed by atoms with E-state index in [1.54, 1.807) is 0 Å². The molecular formula is C14H15F2NO2. The van der Waals surface area contributed by atoms with Crippen molar-refractivity contribution in [1.82, 2.24) is 5.32 Å². The Morgan fingerprint density at radius 3 is 2.47 bits per heavy atom. The van der Waals surface area contributed by atoms with Crippen LogP contribution in [-0.4, -0.2) is 7.05 Å². The molecule has 0 saturated carbocycles. The summed E-state index contributed by atoms with van der Waals surface area (Å²) in [5.41, 5.74) is 0.856. The summed E-state index contributed by atoms with van der Waals surface area (Å²) >= 11 is 0. The summed E-state index contributed by atoms with van der Waals surface area (Å²) in [5.74, 6) is 0.379. The van der Waals surface area contributed by atoms with Gasteiger partial charge in [-0.3, -0.25) is 0 Å². The molecule has 2 aromatic rings. The summed E-state index contributed by atoms with van der Waals surface area (Å²) < 4.78 is 36.8. The second-order valence-corrected chi connectivity index (χ2v) is 4.22. The van der Waals surface area contributed by atoms with Gasteiger partial charge < -0.3 is 14.5 Å². The molecule has 0 aliphatic rings. The van der Waals surface area contributed by atoms with E-state index >= 15 is 0 Å². The van der Waals surface area contributed by atoms with Crippen LogP contribution in [0.15, 0.2) is 28.7 Å². The molecule has 2 rings (SSSR count). The molecule has 1 aromatic heterocycles. The van der Waals surface area contributed by atoms with Gasteiger partial charge in [0.2, 0.25) is 0 Å². The molecule has 5 heteroatoms. The average Bonchev–Trinajstić information content (AvgIpc) is 2.66. The predicted octanol–water partition coefficient (Wildman–Crippen LogP) is 3.16. The van der Waals surface area contributed by atoms with E-state index < -0.39 is 11.6 Å². The molecule has 1 aromatic carbocycles. The molecule has 0 fully saturated rings. The zero-order valence-corrected chi connectivity index (χ0v) is 10.8. The van der Waals surface area contributed by atoms with E-state index in [0.29, 0.717) is 6.54 Å². The lowest BCUT2D eigenvalue weighted by Gasteiger charge is -2.05. The van der Waals surface area contributed by atoms with Crippen LogP contribution in [0.2, 0.25) is 0 Å². The van der Waals surface area contributed by atoms with Gasteiger partial charge in [0.05, 0.1) is 6.54 Å². The molecule has 0 saturated heterocycles. The molecule has 0 atom stereocenters. The number of hydrogen-bond acceptors (Lipinski definition) is 3. The molecule has 19 heavy (non-hydrogen) atoms. The van der Waals surface area contributed by atoms with Gasteiger partial charge in [-0.15, -0.1) is 0 Å². The minimum Gasteiger partial charge on any atom is -0.489 e. The summed E-state index contributed by atoms with van der Waals surface area (Å²) in [7, 11) is 1.82. The molecule has 0 unspecified atom stereocenters. The smallest absolute Gasteiger partial charge is 0.129 e. The fraction of sp³-hybridized carbons (Fsp3) is 0.286. The molecule has 0 spiro atoms. The van der Waals surface area contributed by atoms with E-state index in [1.807, 2.05) is 20.0 Å². The summed E-state index contributed by atoms with van der Waals surface area (Å²) in [6.07, 6.45) is 0. The van der Waals surface area contributed by atoms with Crippen LogP contribution in [0.5, 0.6) is 5.75 Å². The number of furan rings is 1. The summed E-state index contributed by atoms with van der Waals surface area (Å²) in [6, 6.07) is 4.96. The van der Waals surface area contributed by atoms with Crippen molar-refractivity contribution in [2.45, 2.75) is 20.1 Å². The lowest BCUT2D eigenvalue weighted by Crippen LogP contribution is -2.03. The Labute approximate surface area is 110 Å². The zero-order chi connectivity index (χ0) is 13.8. The van der Waals surface area contributed by atoms with E-state index in [0.717, 1.165) is 35.3 Å². The van der Waals surface area contributed by atoms with Gasteiger partial charge >= 0.3 is 0 Å². The normalized spacial score (nSPS) is 10.7. The van der Waals surface area contributed by atoms with Crippen molar-refractivity contribution >= 4 is 0 Å². The van der Waals surface area contributed by atoms with E-state index in [1.165, 1.54) is 0 Å². The average molecular weight is 267 g/mol.